The van der Waals surface area contributed by atoms with Crippen molar-refractivity contribution < 1.29 is 23.9 Å². The average Bonchev–Trinajstić information content (AvgIpc) is 3.43. The molecule has 0 radical (unpaired) electrons. The summed E-state index contributed by atoms with van der Waals surface area (Å²) in [5.41, 5.74) is 2.53. The molecule has 1 aromatic heterocycles. The summed E-state index contributed by atoms with van der Waals surface area (Å²) < 4.78 is 10.6. The fraction of sp³-hybridized carbons (Fsp3) is 0.348. The number of benzene rings is 1. The van der Waals surface area contributed by atoms with Gasteiger partial charge in [-0.3, -0.25) is 9.69 Å². The largest absolute Gasteiger partial charge is 0.464 e. The summed E-state index contributed by atoms with van der Waals surface area (Å²) >= 11 is 0. The van der Waals surface area contributed by atoms with Crippen LogP contribution in [-0.2, 0) is 19.1 Å². The number of rotatable bonds is 7. The highest BCUT2D eigenvalue weighted by molar-refractivity contribution is 5.91. The number of ether oxygens (including phenoxy) is 2. The molecular weight excluding hydrogens is 426 g/mol. The summed E-state index contributed by atoms with van der Waals surface area (Å²) in [4.78, 5) is 47.8. The Labute approximate surface area is 191 Å². The van der Waals surface area contributed by atoms with Gasteiger partial charge in [0, 0.05) is 31.5 Å². The Morgan fingerprint density at radius 3 is 2.61 bits per heavy atom. The van der Waals surface area contributed by atoms with Crippen LogP contribution in [-0.4, -0.2) is 66.3 Å². The van der Waals surface area contributed by atoms with E-state index in [-0.39, 0.29) is 25.0 Å². The lowest BCUT2D eigenvalue weighted by Crippen LogP contribution is -2.38. The highest BCUT2D eigenvalue weighted by atomic mass is 16.6. The molecule has 172 valence electrons. The van der Waals surface area contributed by atoms with Crippen LogP contribution in [0.3, 0.4) is 0 Å². The molecule has 0 unspecified atom stereocenters. The summed E-state index contributed by atoms with van der Waals surface area (Å²) in [6, 6.07) is 8.56. The number of aromatic nitrogens is 2. The first-order valence-electron chi connectivity index (χ1n) is 10.7. The number of anilines is 2. The Morgan fingerprint density at radius 1 is 1.21 bits per heavy atom. The van der Waals surface area contributed by atoms with E-state index in [1.807, 2.05) is 30.3 Å². The van der Waals surface area contributed by atoms with E-state index in [4.69, 9.17) is 9.47 Å². The number of carbonyl (C=O) groups excluding carboxylic acids is 3. The maximum atomic E-state index is 12.5. The Kier molecular flexibility index (Phi) is 6.53. The van der Waals surface area contributed by atoms with Gasteiger partial charge in [-0.1, -0.05) is 12.1 Å². The molecule has 2 aliphatic rings. The molecule has 10 nitrogen and oxygen atoms in total. The van der Waals surface area contributed by atoms with Gasteiger partial charge in [-0.05, 0) is 42.3 Å². The van der Waals surface area contributed by atoms with Crippen LogP contribution in [0.4, 0.5) is 16.4 Å². The van der Waals surface area contributed by atoms with Crippen LogP contribution in [0, 0.1) is 0 Å². The van der Waals surface area contributed by atoms with Gasteiger partial charge in [-0.2, -0.15) is 0 Å². The van der Waals surface area contributed by atoms with Crippen LogP contribution in [0.25, 0.3) is 5.57 Å². The Hall–Kier alpha value is -3.95. The van der Waals surface area contributed by atoms with Crippen LogP contribution in [0.15, 0.2) is 48.8 Å². The lowest BCUT2D eigenvalue weighted by atomic mass is 10.1. The van der Waals surface area contributed by atoms with Gasteiger partial charge in [0.1, 0.15) is 12.1 Å². The second-order valence-electron chi connectivity index (χ2n) is 7.67. The number of amides is 2. The molecule has 2 aliphatic heterocycles. The highest BCUT2D eigenvalue weighted by Crippen LogP contribution is 2.30. The Bertz CT molecular complexity index is 1060. The summed E-state index contributed by atoms with van der Waals surface area (Å²) in [7, 11) is 0. The Balaban J connectivity index is 1.50. The average molecular weight is 451 g/mol. The van der Waals surface area contributed by atoms with Crippen molar-refractivity contribution in [1.82, 2.24) is 15.3 Å². The van der Waals surface area contributed by atoms with E-state index >= 15 is 0 Å². The zero-order chi connectivity index (χ0) is 23.4. The molecule has 1 aromatic carbocycles. The van der Waals surface area contributed by atoms with Crippen molar-refractivity contribution in [2.24, 2.45) is 0 Å². The second kappa shape index (κ2) is 9.68. The van der Waals surface area contributed by atoms with Gasteiger partial charge >= 0.3 is 12.1 Å². The molecule has 33 heavy (non-hydrogen) atoms. The van der Waals surface area contributed by atoms with Crippen molar-refractivity contribution in [3.63, 3.8) is 0 Å². The van der Waals surface area contributed by atoms with Crippen molar-refractivity contribution in [1.29, 1.82) is 0 Å². The highest BCUT2D eigenvalue weighted by Gasteiger charge is 2.35. The van der Waals surface area contributed by atoms with Crippen molar-refractivity contribution >= 4 is 35.2 Å². The molecule has 0 spiro atoms. The van der Waals surface area contributed by atoms with Gasteiger partial charge in [0.25, 0.3) is 0 Å². The van der Waals surface area contributed by atoms with Gasteiger partial charge in [-0.15, -0.1) is 0 Å². The molecular formula is C23H25N5O5. The smallest absolute Gasteiger partial charge is 0.414 e. The standard InChI is InChI=1S/C23H25N5O5/c1-3-32-21(30)20-11-17(13-28(20)22-24-9-4-10-25-22)16-5-7-18(8-6-16)27-14-19(33-23(27)31)12-26-15(2)29/h4-11,19-20H,3,12-14H2,1-2H3,(H,26,29)/t19-,20-/m0/s1. The minimum absolute atomic E-state index is 0.172. The second-order valence-corrected chi connectivity index (χ2v) is 7.67. The molecule has 3 heterocycles. The van der Waals surface area contributed by atoms with E-state index in [0.29, 0.717) is 24.7 Å². The van der Waals surface area contributed by atoms with E-state index in [9.17, 15) is 14.4 Å². The maximum absolute atomic E-state index is 12.5. The van der Waals surface area contributed by atoms with Crippen LogP contribution >= 0.6 is 0 Å². The molecule has 2 aromatic rings. The number of hydrogen-bond donors (Lipinski definition) is 1. The molecule has 1 N–H and O–H groups in total. The normalized spacial score (nSPS) is 19.8. The van der Waals surface area contributed by atoms with E-state index in [1.165, 1.54) is 11.8 Å². The number of nitrogens with one attached hydrogen (secondary N) is 1. The fourth-order valence-corrected chi connectivity index (χ4v) is 3.81. The van der Waals surface area contributed by atoms with Crippen molar-refractivity contribution in [3.05, 3.63) is 54.4 Å². The summed E-state index contributed by atoms with van der Waals surface area (Å²) in [5.74, 6) is -0.0835. The lowest BCUT2D eigenvalue weighted by molar-refractivity contribution is -0.143. The van der Waals surface area contributed by atoms with E-state index in [2.05, 4.69) is 15.3 Å². The molecule has 1 saturated heterocycles. The first-order valence-corrected chi connectivity index (χ1v) is 10.7. The van der Waals surface area contributed by atoms with Crippen molar-refractivity contribution in [2.75, 3.05) is 36.0 Å². The fourth-order valence-electron chi connectivity index (χ4n) is 3.81. The molecule has 2 atom stereocenters. The first-order chi connectivity index (χ1) is 16.0. The van der Waals surface area contributed by atoms with Gasteiger partial charge in [0.05, 0.1) is 19.7 Å². The van der Waals surface area contributed by atoms with E-state index in [0.717, 1.165) is 11.1 Å². The lowest BCUT2D eigenvalue weighted by Gasteiger charge is -2.22. The molecule has 0 aliphatic carbocycles. The van der Waals surface area contributed by atoms with Gasteiger partial charge in [0.15, 0.2) is 0 Å². The molecule has 4 rings (SSSR count). The minimum atomic E-state index is -0.620. The monoisotopic (exact) mass is 451 g/mol. The zero-order valence-corrected chi connectivity index (χ0v) is 18.4. The number of carbonyl (C=O) groups is 3. The van der Waals surface area contributed by atoms with E-state index in [1.54, 1.807) is 30.3 Å². The zero-order valence-electron chi connectivity index (χ0n) is 18.4. The summed E-state index contributed by atoms with van der Waals surface area (Å²) in [5, 5.41) is 2.66. The maximum Gasteiger partial charge on any atom is 0.414 e. The van der Waals surface area contributed by atoms with Gasteiger partial charge in [0.2, 0.25) is 11.9 Å². The molecule has 1 fully saturated rings. The molecule has 2 amide bonds. The third-order valence-corrected chi connectivity index (χ3v) is 5.38. The van der Waals surface area contributed by atoms with Crippen molar-refractivity contribution in [2.45, 2.75) is 26.0 Å². The van der Waals surface area contributed by atoms with Crippen LogP contribution < -0.4 is 15.1 Å². The summed E-state index contributed by atoms with van der Waals surface area (Å²) in [6.07, 6.45) is 4.27. The number of esters is 1. The topological polar surface area (TPSA) is 114 Å². The minimum Gasteiger partial charge on any atom is -0.464 e. The molecule has 10 heteroatoms. The van der Waals surface area contributed by atoms with E-state index < -0.39 is 18.2 Å². The predicted octanol–water partition coefficient (Wildman–Crippen LogP) is 1.77. The number of nitrogens with zero attached hydrogens (tertiary/aromatic N) is 4. The van der Waals surface area contributed by atoms with Gasteiger partial charge in [-0.25, -0.2) is 19.6 Å². The van der Waals surface area contributed by atoms with Crippen LogP contribution in [0.1, 0.15) is 19.4 Å². The molecule has 0 bridgehead atoms. The third kappa shape index (κ3) is 4.94. The molecule has 0 saturated carbocycles. The first kappa shape index (κ1) is 22.3. The third-order valence-electron chi connectivity index (χ3n) is 5.38. The summed E-state index contributed by atoms with van der Waals surface area (Å²) in [6.45, 7) is 4.54. The van der Waals surface area contributed by atoms with Gasteiger partial charge < -0.3 is 19.7 Å². The Morgan fingerprint density at radius 2 is 1.94 bits per heavy atom. The van der Waals surface area contributed by atoms with Crippen LogP contribution in [0.2, 0.25) is 0 Å². The quantitative estimate of drug-likeness (QED) is 0.634. The number of hydrogen-bond acceptors (Lipinski definition) is 8. The van der Waals surface area contributed by atoms with Crippen LogP contribution in [0.5, 0.6) is 0 Å². The van der Waals surface area contributed by atoms with Crippen molar-refractivity contribution in [3.8, 4) is 0 Å². The predicted molar refractivity (Wildman–Crippen MR) is 121 cm³/mol. The number of cyclic esters (lactones) is 1. The SMILES string of the molecule is CCOC(=O)[C@@H]1C=C(c2ccc(N3C[C@H](CNC(C)=O)OC3=O)cc2)CN1c1ncccn1.